The van der Waals surface area contributed by atoms with E-state index in [0.29, 0.717) is 24.1 Å². The summed E-state index contributed by atoms with van der Waals surface area (Å²) in [6.45, 7) is 0.151. The van der Waals surface area contributed by atoms with Crippen molar-refractivity contribution in [1.29, 1.82) is 5.26 Å². The van der Waals surface area contributed by atoms with Crippen molar-refractivity contribution >= 4 is 21.5 Å². The summed E-state index contributed by atoms with van der Waals surface area (Å²) in [6.07, 6.45) is 0.784. The minimum atomic E-state index is -3.62. The second-order valence-electron chi connectivity index (χ2n) is 6.75. The van der Waals surface area contributed by atoms with Crippen LogP contribution in [-0.4, -0.2) is 29.7 Å². The molecule has 2 aromatic carbocycles. The molecule has 0 bridgehead atoms. The fraction of sp³-hybridized carbons (Fsp3) is 0.200. The zero-order chi connectivity index (χ0) is 22.4. The fourth-order valence-electron chi connectivity index (χ4n) is 3.01. The highest BCUT2D eigenvalue weighted by molar-refractivity contribution is 7.88. The van der Waals surface area contributed by atoms with Gasteiger partial charge >= 0.3 is 0 Å². The molecule has 1 aromatic heterocycles. The molecule has 0 radical (unpaired) electrons. The van der Waals surface area contributed by atoms with Gasteiger partial charge in [0.1, 0.15) is 17.5 Å². The van der Waals surface area contributed by atoms with E-state index in [0.717, 1.165) is 5.69 Å². The third-order valence-electron chi connectivity index (χ3n) is 4.52. The van der Waals surface area contributed by atoms with Gasteiger partial charge in [-0.25, -0.2) is 17.8 Å². The van der Waals surface area contributed by atoms with Gasteiger partial charge in [-0.3, -0.25) is 10.1 Å². The molecule has 3 rings (SSSR count). The smallest absolute Gasteiger partial charge is 0.269 e. The van der Waals surface area contributed by atoms with Gasteiger partial charge in [0.25, 0.3) is 5.69 Å². The van der Waals surface area contributed by atoms with E-state index in [1.807, 2.05) is 30.3 Å². The number of aromatic nitrogens is 2. The summed E-state index contributed by atoms with van der Waals surface area (Å²) in [7, 11) is -3.62. The Morgan fingerprint density at radius 3 is 2.45 bits per heavy atom. The van der Waals surface area contributed by atoms with E-state index < -0.39 is 14.9 Å². The number of nitro benzene ring substituents is 1. The topological polar surface area (TPSA) is 157 Å². The fourth-order valence-corrected chi connectivity index (χ4v) is 4.20. The Morgan fingerprint density at radius 1 is 1.16 bits per heavy atom. The molecule has 0 aliphatic rings. The van der Waals surface area contributed by atoms with E-state index in [1.165, 1.54) is 28.9 Å². The van der Waals surface area contributed by atoms with E-state index in [2.05, 4.69) is 15.9 Å². The number of nitro groups is 1. The highest BCUT2D eigenvalue weighted by Gasteiger charge is 2.17. The second kappa shape index (κ2) is 9.38. The lowest BCUT2D eigenvalue weighted by atomic mass is 10.1. The summed E-state index contributed by atoms with van der Waals surface area (Å²) in [6, 6.07) is 16.6. The van der Waals surface area contributed by atoms with Crippen molar-refractivity contribution in [2.45, 2.75) is 18.6 Å². The monoisotopic (exact) mass is 440 g/mol. The first-order valence-electron chi connectivity index (χ1n) is 9.34. The van der Waals surface area contributed by atoms with Crippen molar-refractivity contribution in [3.8, 4) is 11.8 Å². The summed E-state index contributed by atoms with van der Waals surface area (Å²) in [4.78, 5) is 10.1. The van der Waals surface area contributed by atoms with Gasteiger partial charge in [-0.15, -0.1) is 0 Å². The number of aryl methyl sites for hydroxylation is 1. The number of anilines is 1. The van der Waals surface area contributed by atoms with Crippen LogP contribution in [0, 0.1) is 21.4 Å². The third kappa shape index (κ3) is 5.44. The number of nitrogens with zero attached hydrogens (tertiary/aromatic N) is 4. The van der Waals surface area contributed by atoms with Gasteiger partial charge in [0.05, 0.1) is 22.1 Å². The van der Waals surface area contributed by atoms with Crippen molar-refractivity contribution in [2.75, 3.05) is 12.3 Å². The predicted molar refractivity (Wildman–Crippen MR) is 115 cm³/mol. The molecule has 11 heteroatoms. The SMILES string of the molecule is N#Cc1c(CCCNS(=O)(=O)Cc2ccc([N+](=O)[O-])cc2)nn(-c2ccccc2)c1N. The van der Waals surface area contributed by atoms with Gasteiger partial charge in [-0.2, -0.15) is 10.4 Å². The number of hydrogen-bond acceptors (Lipinski definition) is 7. The molecule has 0 amide bonds. The number of non-ortho nitro benzene ring substituents is 1. The molecule has 160 valence electrons. The molecule has 0 unspecified atom stereocenters. The van der Waals surface area contributed by atoms with Gasteiger partial charge < -0.3 is 5.73 Å². The first-order valence-corrected chi connectivity index (χ1v) is 11.0. The molecule has 3 N–H and O–H groups in total. The predicted octanol–water partition coefficient (Wildman–Crippen LogP) is 2.29. The Hall–Kier alpha value is -3.75. The summed E-state index contributed by atoms with van der Waals surface area (Å²) < 4.78 is 28.5. The standard InChI is InChI=1S/C20H20N6O4S/c21-13-18-19(24-25(20(18)22)16-5-2-1-3-6-16)7-4-12-23-31(29,30)14-15-8-10-17(11-9-15)26(27)28/h1-3,5-6,8-11,23H,4,7,12,14,22H2. The summed E-state index contributed by atoms with van der Waals surface area (Å²) in [5.74, 6) is -0.0493. The molecule has 0 spiro atoms. The van der Waals surface area contributed by atoms with Crippen LogP contribution in [0.1, 0.15) is 23.2 Å². The summed E-state index contributed by atoms with van der Waals surface area (Å²) in [5.41, 5.74) is 7.91. The first-order chi connectivity index (χ1) is 14.8. The van der Waals surface area contributed by atoms with Crippen molar-refractivity contribution in [2.24, 2.45) is 0 Å². The molecule has 0 saturated carbocycles. The minimum Gasteiger partial charge on any atom is -0.382 e. The molecule has 0 atom stereocenters. The van der Waals surface area contributed by atoms with Crippen LogP contribution in [-0.2, 0) is 22.2 Å². The highest BCUT2D eigenvalue weighted by atomic mass is 32.2. The number of nitrogens with two attached hydrogens (primary N) is 1. The third-order valence-corrected chi connectivity index (χ3v) is 5.88. The van der Waals surface area contributed by atoms with Crippen LogP contribution in [0.2, 0.25) is 0 Å². The lowest BCUT2D eigenvalue weighted by molar-refractivity contribution is -0.384. The number of benzene rings is 2. The Bertz CT molecular complexity index is 1220. The molecule has 0 fully saturated rings. The van der Waals surface area contributed by atoms with Crippen LogP contribution in [0.4, 0.5) is 11.5 Å². The molecule has 0 aliphatic carbocycles. The van der Waals surface area contributed by atoms with E-state index in [4.69, 9.17) is 5.73 Å². The lowest BCUT2D eigenvalue weighted by Gasteiger charge is -2.06. The summed E-state index contributed by atoms with van der Waals surface area (Å²) in [5, 5.41) is 24.5. The summed E-state index contributed by atoms with van der Waals surface area (Å²) >= 11 is 0. The van der Waals surface area contributed by atoms with Crippen LogP contribution in [0.25, 0.3) is 5.69 Å². The Balaban J connectivity index is 1.59. The number of rotatable bonds is 9. The normalized spacial score (nSPS) is 11.2. The highest BCUT2D eigenvalue weighted by Crippen LogP contribution is 2.21. The zero-order valence-corrected chi connectivity index (χ0v) is 17.2. The molecular weight excluding hydrogens is 420 g/mol. The van der Waals surface area contributed by atoms with Gasteiger partial charge in [-0.05, 0) is 30.5 Å². The van der Waals surface area contributed by atoms with Gasteiger partial charge in [0.15, 0.2) is 0 Å². The molecule has 31 heavy (non-hydrogen) atoms. The maximum absolute atomic E-state index is 12.3. The van der Waals surface area contributed by atoms with Crippen LogP contribution in [0.15, 0.2) is 54.6 Å². The quantitative estimate of drug-likeness (QED) is 0.293. The van der Waals surface area contributed by atoms with Crippen molar-refractivity contribution < 1.29 is 13.3 Å². The minimum absolute atomic E-state index is 0.100. The average molecular weight is 440 g/mol. The number of nitriles is 1. The Kier molecular flexibility index (Phi) is 6.64. The van der Waals surface area contributed by atoms with Crippen LogP contribution >= 0.6 is 0 Å². The second-order valence-corrected chi connectivity index (χ2v) is 8.55. The molecule has 3 aromatic rings. The Labute approximate surface area is 179 Å². The van der Waals surface area contributed by atoms with Crippen LogP contribution < -0.4 is 10.5 Å². The average Bonchev–Trinajstić information content (AvgIpc) is 3.07. The molecule has 10 nitrogen and oxygen atoms in total. The van der Waals surface area contributed by atoms with E-state index in [-0.39, 0.29) is 29.4 Å². The van der Waals surface area contributed by atoms with Gasteiger partial charge in [-0.1, -0.05) is 30.3 Å². The molecule has 0 saturated heterocycles. The van der Waals surface area contributed by atoms with Crippen molar-refractivity contribution in [3.05, 3.63) is 81.5 Å². The number of nitrogen functional groups attached to an aromatic ring is 1. The largest absolute Gasteiger partial charge is 0.382 e. The van der Waals surface area contributed by atoms with Gasteiger partial charge in [0, 0.05) is 18.7 Å². The first kappa shape index (κ1) is 21.9. The van der Waals surface area contributed by atoms with Crippen LogP contribution in [0.3, 0.4) is 0 Å². The van der Waals surface area contributed by atoms with Crippen molar-refractivity contribution in [1.82, 2.24) is 14.5 Å². The zero-order valence-electron chi connectivity index (χ0n) is 16.4. The number of sulfonamides is 1. The maximum Gasteiger partial charge on any atom is 0.269 e. The number of para-hydroxylation sites is 1. The lowest BCUT2D eigenvalue weighted by Crippen LogP contribution is -2.26. The number of nitrogens with one attached hydrogen (secondary N) is 1. The Morgan fingerprint density at radius 2 is 1.84 bits per heavy atom. The molecule has 0 aliphatic heterocycles. The van der Waals surface area contributed by atoms with E-state index in [1.54, 1.807) is 0 Å². The van der Waals surface area contributed by atoms with Crippen LogP contribution in [0.5, 0.6) is 0 Å². The van der Waals surface area contributed by atoms with Gasteiger partial charge in [0.2, 0.25) is 10.0 Å². The van der Waals surface area contributed by atoms with E-state index in [9.17, 15) is 23.8 Å². The maximum atomic E-state index is 12.3. The van der Waals surface area contributed by atoms with Crippen molar-refractivity contribution in [3.63, 3.8) is 0 Å². The van der Waals surface area contributed by atoms with E-state index >= 15 is 0 Å². The number of hydrogen-bond donors (Lipinski definition) is 2. The molecular formula is C20H20N6O4S. The molecule has 1 heterocycles.